The van der Waals surface area contributed by atoms with Crippen molar-refractivity contribution < 1.29 is 9.13 Å². The molecule has 31 heavy (non-hydrogen) atoms. The maximum absolute atomic E-state index is 13.2. The third kappa shape index (κ3) is 3.83. The summed E-state index contributed by atoms with van der Waals surface area (Å²) in [7, 11) is 3.84. The van der Waals surface area contributed by atoms with Gasteiger partial charge < -0.3 is 9.30 Å². The zero-order valence-electron chi connectivity index (χ0n) is 18.1. The number of piperidine rings is 1. The van der Waals surface area contributed by atoms with Crippen LogP contribution in [0.25, 0.3) is 11.4 Å². The lowest BCUT2D eigenvalue weighted by atomic mass is 9.84. The minimum absolute atomic E-state index is 0.0135. The van der Waals surface area contributed by atoms with Crippen LogP contribution in [0.1, 0.15) is 24.2 Å². The highest BCUT2D eigenvalue weighted by Crippen LogP contribution is 2.39. The van der Waals surface area contributed by atoms with E-state index in [2.05, 4.69) is 43.7 Å². The van der Waals surface area contributed by atoms with Gasteiger partial charge in [0.1, 0.15) is 17.4 Å². The first kappa shape index (κ1) is 20.2. The number of halogens is 1. The molecule has 1 saturated heterocycles. The van der Waals surface area contributed by atoms with E-state index in [0.717, 1.165) is 74.1 Å². The van der Waals surface area contributed by atoms with Gasteiger partial charge in [0.15, 0.2) is 5.82 Å². The Kier molecular flexibility index (Phi) is 5.24. The predicted octanol–water partition coefficient (Wildman–Crippen LogP) is 3.53. The molecular weight excluding hydrogens is 393 g/mol. The smallest absolute Gasteiger partial charge is 0.164 e. The number of ether oxygens (including phenoxy) is 1. The molecule has 0 saturated carbocycles. The minimum atomic E-state index is -0.183. The van der Waals surface area contributed by atoms with E-state index in [9.17, 15) is 4.39 Å². The van der Waals surface area contributed by atoms with Gasteiger partial charge in [0.25, 0.3) is 0 Å². The number of methoxy groups -OCH3 is 1. The normalized spacial score (nSPS) is 18.8. The number of benzene rings is 2. The van der Waals surface area contributed by atoms with E-state index in [4.69, 9.17) is 4.74 Å². The average Bonchev–Trinajstić information content (AvgIpc) is 3.22. The summed E-state index contributed by atoms with van der Waals surface area (Å²) in [4.78, 5) is 4.82. The summed E-state index contributed by atoms with van der Waals surface area (Å²) >= 11 is 0. The van der Waals surface area contributed by atoms with Crippen LogP contribution < -0.4 is 4.74 Å². The first-order chi connectivity index (χ1) is 15.1. The van der Waals surface area contributed by atoms with E-state index in [1.165, 1.54) is 0 Å². The van der Waals surface area contributed by atoms with Crippen molar-refractivity contribution in [2.24, 2.45) is 0 Å². The Labute approximate surface area is 182 Å². The van der Waals surface area contributed by atoms with Crippen LogP contribution in [-0.2, 0) is 18.6 Å². The van der Waals surface area contributed by atoms with Crippen molar-refractivity contribution in [3.8, 4) is 17.1 Å². The van der Waals surface area contributed by atoms with E-state index in [-0.39, 0.29) is 11.4 Å². The summed E-state index contributed by atoms with van der Waals surface area (Å²) < 4.78 is 21.0. The van der Waals surface area contributed by atoms with Crippen molar-refractivity contribution in [3.63, 3.8) is 0 Å². The Balaban J connectivity index is 1.40. The molecule has 5 rings (SSSR count). The molecule has 162 valence electrons. The minimum Gasteiger partial charge on any atom is -0.497 e. The van der Waals surface area contributed by atoms with Crippen LogP contribution in [0.4, 0.5) is 4.39 Å². The molecule has 0 unspecified atom stereocenters. The lowest BCUT2D eigenvalue weighted by molar-refractivity contribution is 0.0490. The largest absolute Gasteiger partial charge is 0.497 e. The first-order valence-electron chi connectivity index (χ1n) is 10.8. The SMILES string of the molecule is COc1ccc(-c2nnc3n2C2(CCN(Cc4ccc(F)cc4)CC2)CN(C)C3)cc1. The van der Waals surface area contributed by atoms with Crippen LogP contribution in [0.5, 0.6) is 5.75 Å². The highest BCUT2D eigenvalue weighted by molar-refractivity contribution is 5.57. The number of likely N-dealkylation sites (N-methyl/N-ethyl adjacent to an activating group) is 1. The standard InChI is InChI=1S/C24H28FN5O/c1-28-16-22-26-27-23(19-5-9-21(31-2)10-6-19)30(22)24(17-28)11-13-29(14-12-24)15-18-3-7-20(25)8-4-18/h3-10H,11-17H2,1-2H3. The van der Waals surface area contributed by atoms with E-state index < -0.39 is 0 Å². The van der Waals surface area contributed by atoms with Crippen molar-refractivity contribution in [2.45, 2.75) is 31.5 Å². The summed E-state index contributed by atoms with van der Waals surface area (Å²) in [5.74, 6) is 2.63. The van der Waals surface area contributed by atoms with Crippen molar-refractivity contribution in [3.05, 3.63) is 65.7 Å². The van der Waals surface area contributed by atoms with Gasteiger partial charge in [-0.25, -0.2) is 4.39 Å². The van der Waals surface area contributed by atoms with Crippen LogP contribution in [-0.4, -0.2) is 58.4 Å². The van der Waals surface area contributed by atoms with Gasteiger partial charge in [0.05, 0.1) is 19.2 Å². The highest BCUT2D eigenvalue weighted by atomic mass is 19.1. The monoisotopic (exact) mass is 421 g/mol. The van der Waals surface area contributed by atoms with Gasteiger partial charge in [-0.3, -0.25) is 9.80 Å². The Morgan fingerprint density at radius 2 is 1.71 bits per heavy atom. The van der Waals surface area contributed by atoms with Crippen LogP contribution in [0.3, 0.4) is 0 Å². The Morgan fingerprint density at radius 3 is 2.39 bits per heavy atom. The summed E-state index contributed by atoms with van der Waals surface area (Å²) in [6, 6.07) is 14.9. The summed E-state index contributed by atoms with van der Waals surface area (Å²) in [6.45, 7) is 4.64. The Morgan fingerprint density at radius 1 is 1.00 bits per heavy atom. The molecule has 1 fully saturated rings. The molecule has 3 aromatic rings. The van der Waals surface area contributed by atoms with Crippen LogP contribution in [0.15, 0.2) is 48.5 Å². The molecule has 0 amide bonds. The number of aromatic nitrogens is 3. The van der Waals surface area contributed by atoms with Crippen molar-refractivity contribution in [1.82, 2.24) is 24.6 Å². The quantitative estimate of drug-likeness (QED) is 0.645. The molecule has 3 heterocycles. The molecule has 2 aliphatic rings. The van der Waals surface area contributed by atoms with Gasteiger partial charge >= 0.3 is 0 Å². The fourth-order valence-corrected chi connectivity index (χ4v) is 5.07. The van der Waals surface area contributed by atoms with Gasteiger partial charge in [0.2, 0.25) is 0 Å². The molecule has 1 aromatic heterocycles. The number of nitrogens with zero attached hydrogens (tertiary/aromatic N) is 5. The molecule has 0 radical (unpaired) electrons. The maximum Gasteiger partial charge on any atom is 0.164 e. The Hall–Kier alpha value is -2.77. The van der Waals surface area contributed by atoms with Crippen molar-refractivity contribution >= 4 is 0 Å². The fourth-order valence-electron chi connectivity index (χ4n) is 5.07. The zero-order valence-corrected chi connectivity index (χ0v) is 18.1. The topological polar surface area (TPSA) is 46.4 Å². The molecule has 6 nitrogen and oxygen atoms in total. The number of rotatable bonds is 4. The number of likely N-dealkylation sites (tertiary alicyclic amines) is 1. The molecule has 0 aliphatic carbocycles. The molecule has 1 spiro atoms. The van der Waals surface area contributed by atoms with Crippen LogP contribution in [0, 0.1) is 5.82 Å². The lowest BCUT2D eigenvalue weighted by Crippen LogP contribution is -2.55. The lowest BCUT2D eigenvalue weighted by Gasteiger charge is -2.48. The van der Waals surface area contributed by atoms with E-state index in [1.54, 1.807) is 19.2 Å². The van der Waals surface area contributed by atoms with E-state index in [1.807, 2.05) is 24.3 Å². The number of fused-ring (bicyclic) bond motifs is 2. The van der Waals surface area contributed by atoms with Gasteiger partial charge in [-0.1, -0.05) is 12.1 Å². The predicted molar refractivity (Wildman–Crippen MR) is 117 cm³/mol. The molecule has 7 heteroatoms. The molecule has 0 atom stereocenters. The molecule has 0 N–H and O–H groups in total. The van der Waals surface area contributed by atoms with Crippen LogP contribution in [0.2, 0.25) is 0 Å². The van der Waals surface area contributed by atoms with Gasteiger partial charge in [-0.05, 0) is 61.9 Å². The zero-order chi connectivity index (χ0) is 21.4. The third-order valence-corrected chi connectivity index (χ3v) is 6.63. The van der Waals surface area contributed by atoms with Crippen molar-refractivity contribution in [1.29, 1.82) is 0 Å². The second-order valence-electron chi connectivity index (χ2n) is 8.80. The molecular formula is C24H28FN5O. The van der Waals surface area contributed by atoms with Gasteiger partial charge in [-0.15, -0.1) is 10.2 Å². The van der Waals surface area contributed by atoms with Crippen molar-refractivity contribution in [2.75, 3.05) is 33.8 Å². The second-order valence-corrected chi connectivity index (χ2v) is 8.80. The first-order valence-corrected chi connectivity index (χ1v) is 10.8. The van der Waals surface area contributed by atoms with E-state index in [0.29, 0.717) is 0 Å². The second kappa shape index (κ2) is 8.05. The molecule has 2 aliphatic heterocycles. The molecule has 0 bridgehead atoms. The number of hydrogen-bond acceptors (Lipinski definition) is 5. The summed E-state index contributed by atoms with van der Waals surface area (Å²) in [5.41, 5.74) is 2.21. The molecule has 2 aromatic carbocycles. The third-order valence-electron chi connectivity index (χ3n) is 6.63. The summed E-state index contributed by atoms with van der Waals surface area (Å²) in [6.07, 6.45) is 2.07. The van der Waals surface area contributed by atoms with E-state index >= 15 is 0 Å². The highest BCUT2D eigenvalue weighted by Gasteiger charge is 2.43. The summed E-state index contributed by atoms with van der Waals surface area (Å²) in [5, 5.41) is 9.16. The van der Waals surface area contributed by atoms with Gasteiger partial charge in [0, 0.05) is 31.7 Å². The maximum atomic E-state index is 13.2. The average molecular weight is 422 g/mol. The van der Waals surface area contributed by atoms with Crippen LogP contribution >= 0.6 is 0 Å². The fraction of sp³-hybridized carbons (Fsp3) is 0.417. The number of hydrogen-bond donors (Lipinski definition) is 0. The van der Waals surface area contributed by atoms with Gasteiger partial charge in [-0.2, -0.15) is 0 Å². The Bertz CT molecular complexity index is 1040.